The minimum atomic E-state index is -0.836. The molecule has 14 heteroatoms. The SMILES string of the molecule is CC(O)COCCOCCCCCOCCOCC(CNC(=O)C(C)(C)Br)(CNC(=O)C(C)(C)Br)CNC(=O)C(C)(C)Br. The van der Waals surface area contributed by atoms with Gasteiger partial charge < -0.3 is 40.0 Å². The van der Waals surface area contributed by atoms with Gasteiger partial charge in [-0.05, 0) is 67.7 Å². The quantitative estimate of drug-likeness (QED) is 0.0812. The molecule has 3 amide bonds. The molecule has 0 aliphatic heterocycles. The molecule has 1 unspecified atom stereocenters. The molecule has 0 aromatic carbocycles. The van der Waals surface area contributed by atoms with Gasteiger partial charge in [-0.15, -0.1) is 0 Å². The van der Waals surface area contributed by atoms with Gasteiger partial charge in [-0.1, -0.05) is 47.8 Å². The van der Waals surface area contributed by atoms with Crippen molar-refractivity contribution in [1.82, 2.24) is 16.0 Å². The maximum Gasteiger partial charge on any atom is 0.236 e. The lowest BCUT2D eigenvalue weighted by molar-refractivity contribution is -0.124. The van der Waals surface area contributed by atoms with Crippen LogP contribution in [0.1, 0.15) is 67.7 Å². The first-order chi connectivity index (χ1) is 19.8. The summed E-state index contributed by atoms with van der Waals surface area (Å²) in [5.74, 6) is -0.682. The van der Waals surface area contributed by atoms with Crippen LogP contribution in [0, 0.1) is 5.41 Å². The minimum absolute atomic E-state index is 0.155. The number of halogens is 3. The zero-order chi connectivity index (χ0) is 33.2. The fourth-order valence-electron chi connectivity index (χ4n) is 3.34. The number of ether oxygens (including phenoxy) is 4. The number of amides is 3. The van der Waals surface area contributed by atoms with E-state index in [4.69, 9.17) is 24.1 Å². The second-order valence-electron chi connectivity index (χ2n) is 12.2. The molecule has 4 N–H and O–H groups in total. The predicted molar refractivity (Wildman–Crippen MR) is 179 cm³/mol. The van der Waals surface area contributed by atoms with Crippen LogP contribution in [-0.4, -0.2) is 114 Å². The van der Waals surface area contributed by atoms with Gasteiger partial charge in [0.1, 0.15) is 0 Å². The number of nitrogens with one attached hydrogen (secondary N) is 3. The highest BCUT2D eigenvalue weighted by atomic mass is 79.9. The molecule has 0 aromatic heterocycles. The van der Waals surface area contributed by atoms with Crippen molar-refractivity contribution in [1.29, 1.82) is 0 Å². The lowest BCUT2D eigenvalue weighted by atomic mass is 9.87. The molecule has 1 atom stereocenters. The van der Waals surface area contributed by atoms with Crippen LogP contribution in [0.2, 0.25) is 0 Å². The Morgan fingerprint density at radius 3 is 1.30 bits per heavy atom. The Kier molecular flexibility index (Phi) is 21.3. The number of aliphatic hydroxyl groups excluding tert-OH is 1. The highest BCUT2D eigenvalue weighted by Gasteiger charge is 2.37. The van der Waals surface area contributed by atoms with E-state index in [1.807, 2.05) is 0 Å². The number of carbonyl (C=O) groups excluding carboxylic acids is 3. The lowest BCUT2D eigenvalue weighted by Crippen LogP contribution is -2.57. The van der Waals surface area contributed by atoms with E-state index in [-0.39, 0.29) is 44.0 Å². The summed E-state index contributed by atoms with van der Waals surface area (Å²) in [5, 5.41) is 18.0. The van der Waals surface area contributed by atoms with Gasteiger partial charge in [0.05, 0.1) is 58.7 Å². The van der Waals surface area contributed by atoms with Crippen molar-refractivity contribution >= 4 is 65.5 Å². The molecule has 0 bridgehead atoms. The van der Waals surface area contributed by atoms with Crippen molar-refractivity contribution in [3.63, 3.8) is 0 Å². The third kappa shape index (κ3) is 21.9. The van der Waals surface area contributed by atoms with Gasteiger partial charge in [-0.25, -0.2) is 0 Å². The summed E-state index contributed by atoms with van der Waals surface area (Å²) in [6, 6.07) is 0. The normalized spacial score (nSPS) is 13.5. The average Bonchev–Trinajstić information content (AvgIpc) is 2.88. The summed E-state index contributed by atoms with van der Waals surface area (Å²) >= 11 is 10.1. The van der Waals surface area contributed by atoms with Gasteiger partial charge in [0.25, 0.3) is 0 Å². The maximum atomic E-state index is 12.7. The number of alkyl halides is 3. The van der Waals surface area contributed by atoms with E-state index >= 15 is 0 Å². The Hall–Kier alpha value is -0.350. The Morgan fingerprint density at radius 1 is 0.605 bits per heavy atom. The molecule has 0 saturated heterocycles. The highest BCUT2D eigenvalue weighted by molar-refractivity contribution is 9.10. The van der Waals surface area contributed by atoms with Crippen LogP contribution in [0.15, 0.2) is 0 Å². The van der Waals surface area contributed by atoms with Crippen LogP contribution in [-0.2, 0) is 33.3 Å². The van der Waals surface area contributed by atoms with Crippen molar-refractivity contribution < 1.29 is 38.4 Å². The Balaban J connectivity index is 4.92. The smallest absolute Gasteiger partial charge is 0.236 e. The molecule has 0 rings (SSSR count). The number of rotatable bonds is 25. The Morgan fingerprint density at radius 2 is 0.953 bits per heavy atom. The first-order valence-corrected chi connectivity index (χ1v) is 17.1. The number of hydrogen-bond acceptors (Lipinski definition) is 8. The van der Waals surface area contributed by atoms with E-state index in [0.29, 0.717) is 46.2 Å². The molecule has 0 heterocycles. The van der Waals surface area contributed by atoms with E-state index in [1.54, 1.807) is 48.5 Å². The van der Waals surface area contributed by atoms with Gasteiger partial charge in [-0.2, -0.15) is 0 Å². The summed E-state index contributed by atoms with van der Waals surface area (Å²) in [4.78, 5) is 38.1. The van der Waals surface area contributed by atoms with Crippen molar-refractivity contribution in [2.75, 3.05) is 72.5 Å². The molecule has 0 radical (unpaired) electrons. The van der Waals surface area contributed by atoms with Gasteiger partial charge in [0.2, 0.25) is 17.7 Å². The monoisotopic (exact) mass is 809 g/mol. The predicted octanol–water partition coefficient (Wildman–Crippen LogP) is 3.46. The third-order valence-electron chi connectivity index (χ3n) is 6.08. The number of hydrogen-bond donors (Lipinski definition) is 4. The van der Waals surface area contributed by atoms with Gasteiger partial charge in [0.15, 0.2) is 0 Å². The lowest BCUT2D eigenvalue weighted by Gasteiger charge is -2.36. The minimum Gasteiger partial charge on any atom is -0.391 e. The summed E-state index contributed by atoms with van der Waals surface area (Å²) in [6.07, 6.45) is 2.31. The van der Waals surface area contributed by atoms with Gasteiger partial charge >= 0.3 is 0 Å². The fraction of sp³-hybridized carbons (Fsp3) is 0.897. The van der Waals surface area contributed by atoms with E-state index in [1.165, 1.54) is 0 Å². The summed E-state index contributed by atoms with van der Waals surface area (Å²) in [6.45, 7) is 16.0. The largest absolute Gasteiger partial charge is 0.391 e. The molecule has 0 aromatic rings. The molecule has 0 saturated carbocycles. The van der Waals surface area contributed by atoms with Gasteiger partial charge in [0, 0.05) is 38.3 Å². The molecule has 0 aliphatic rings. The van der Waals surface area contributed by atoms with Crippen LogP contribution in [0.5, 0.6) is 0 Å². The molecule has 0 aliphatic carbocycles. The van der Waals surface area contributed by atoms with Crippen molar-refractivity contribution in [3.8, 4) is 0 Å². The molecule has 254 valence electrons. The topological polar surface area (TPSA) is 144 Å². The van der Waals surface area contributed by atoms with E-state index < -0.39 is 24.5 Å². The van der Waals surface area contributed by atoms with Crippen molar-refractivity contribution in [3.05, 3.63) is 0 Å². The first-order valence-electron chi connectivity index (χ1n) is 14.7. The molecule has 43 heavy (non-hydrogen) atoms. The summed E-state index contributed by atoms with van der Waals surface area (Å²) in [7, 11) is 0. The third-order valence-corrected chi connectivity index (χ3v) is 7.16. The van der Waals surface area contributed by atoms with E-state index in [2.05, 4.69) is 63.7 Å². The molecule has 0 spiro atoms. The average molecular weight is 812 g/mol. The van der Waals surface area contributed by atoms with Crippen LogP contribution < -0.4 is 16.0 Å². The number of carbonyl (C=O) groups is 3. The summed E-state index contributed by atoms with van der Waals surface area (Å²) < 4.78 is 20.1. The molecule has 0 fully saturated rings. The van der Waals surface area contributed by atoms with Crippen LogP contribution >= 0.6 is 47.8 Å². The van der Waals surface area contributed by atoms with E-state index in [0.717, 1.165) is 19.3 Å². The number of unbranched alkanes of at least 4 members (excludes halogenated alkanes) is 2. The van der Waals surface area contributed by atoms with Gasteiger partial charge in [-0.3, -0.25) is 14.4 Å². The summed E-state index contributed by atoms with van der Waals surface area (Å²) in [5.41, 5.74) is -0.836. The highest BCUT2D eigenvalue weighted by Crippen LogP contribution is 2.22. The van der Waals surface area contributed by atoms with Crippen molar-refractivity contribution in [2.45, 2.75) is 86.8 Å². The standard InChI is InChI=1S/C29H54Br3N3O8/c1-22(36)17-42-15-13-40-11-9-8-10-12-41-14-16-43-21-29(18-33-23(37)26(2,3)30,19-34-24(38)27(4,5)31)20-35-25(39)28(6,7)32/h22,36H,8-21H2,1-7H3,(H,33,37)(H,34,38)(H,35,39). The zero-order valence-electron chi connectivity index (χ0n) is 26.9. The second-order valence-corrected chi connectivity index (χ2v) is 18.2. The van der Waals surface area contributed by atoms with Crippen LogP contribution in [0.4, 0.5) is 0 Å². The second kappa shape index (κ2) is 21.4. The molecule has 11 nitrogen and oxygen atoms in total. The molecular weight excluding hydrogens is 758 g/mol. The first kappa shape index (κ1) is 42.6. The maximum absolute atomic E-state index is 12.7. The van der Waals surface area contributed by atoms with Crippen LogP contribution in [0.25, 0.3) is 0 Å². The van der Waals surface area contributed by atoms with Crippen molar-refractivity contribution in [2.24, 2.45) is 5.41 Å². The van der Waals surface area contributed by atoms with Crippen LogP contribution in [0.3, 0.4) is 0 Å². The fourth-order valence-corrected chi connectivity index (χ4v) is 3.76. The Labute approximate surface area is 283 Å². The van der Waals surface area contributed by atoms with E-state index in [9.17, 15) is 14.4 Å². The molecular formula is C29H54Br3N3O8. The zero-order valence-corrected chi connectivity index (χ0v) is 31.7. The number of aliphatic hydroxyl groups is 1. The Bertz CT molecular complexity index is 738.